The molecule has 5 nitrogen and oxygen atoms in total. The van der Waals surface area contributed by atoms with Crippen molar-refractivity contribution >= 4 is 27.4 Å². The maximum absolute atomic E-state index is 12.3. The Kier molecular flexibility index (Phi) is 4.81. The Hall–Kier alpha value is -2.07. The molecule has 0 fully saturated rings. The summed E-state index contributed by atoms with van der Waals surface area (Å²) in [5, 5.41) is 0.143. The van der Waals surface area contributed by atoms with Crippen molar-refractivity contribution in [2.24, 2.45) is 5.73 Å². The first-order valence-corrected chi connectivity index (χ1v) is 7.82. The van der Waals surface area contributed by atoms with Gasteiger partial charge in [-0.05, 0) is 30.2 Å². The highest BCUT2D eigenvalue weighted by molar-refractivity contribution is 7.92. The third kappa shape index (κ3) is 3.95. The first-order chi connectivity index (χ1) is 10.0. The largest absolute Gasteiger partial charge is 0.320 e. The molecule has 0 unspecified atom stereocenters. The van der Waals surface area contributed by atoms with E-state index in [2.05, 4.69) is 21.5 Å². The molecule has 0 aliphatic heterocycles. The summed E-state index contributed by atoms with van der Waals surface area (Å²) in [4.78, 5) is 4.08. The zero-order valence-corrected chi connectivity index (χ0v) is 12.4. The molecule has 0 saturated heterocycles. The Morgan fingerprint density at radius 2 is 1.95 bits per heavy atom. The lowest BCUT2D eigenvalue weighted by Gasteiger charge is -2.08. The molecule has 0 aliphatic carbocycles. The number of hydrogen-bond donors (Lipinski definition) is 2. The number of anilines is 1. The van der Waals surface area contributed by atoms with Crippen LogP contribution in [0, 0.1) is 11.8 Å². The number of halogens is 1. The highest BCUT2D eigenvalue weighted by Crippen LogP contribution is 2.22. The Balaban J connectivity index is 2.31. The Morgan fingerprint density at radius 3 is 2.67 bits per heavy atom. The topological polar surface area (TPSA) is 85.1 Å². The van der Waals surface area contributed by atoms with E-state index in [-0.39, 0.29) is 22.3 Å². The number of nitrogens with two attached hydrogens (primary N) is 1. The fraction of sp³-hybridized carbons (Fsp3) is 0.0714. The summed E-state index contributed by atoms with van der Waals surface area (Å²) in [5.74, 6) is 5.55. The van der Waals surface area contributed by atoms with E-state index in [9.17, 15) is 8.42 Å². The average molecular weight is 322 g/mol. The van der Waals surface area contributed by atoms with E-state index in [0.717, 1.165) is 0 Å². The second-order valence-corrected chi connectivity index (χ2v) is 6.01. The van der Waals surface area contributed by atoms with Crippen molar-refractivity contribution in [3.05, 3.63) is 53.2 Å². The number of rotatable bonds is 3. The predicted octanol–water partition coefficient (Wildman–Crippen LogP) is 1.85. The molecule has 1 aromatic carbocycles. The normalized spacial score (nSPS) is 10.6. The molecular weight excluding hydrogens is 310 g/mol. The van der Waals surface area contributed by atoms with E-state index in [1.165, 1.54) is 18.2 Å². The Morgan fingerprint density at radius 1 is 1.19 bits per heavy atom. The number of pyridine rings is 1. The fourth-order valence-electron chi connectivity index (χ4n) is 1.56. The van der Waals surface area contributed by atoms with E-state index in [1.54, 1.807) is 24.3 Å². The van der Waals surface area contributed by atoms with Crippen LogP contribution in [-0.2, 0) is 10.0 Å². The highest BCUT2D eigenvalue weighted by atomic mass is 35.5. The fourth-order valence-corrected chi connectivity index (χ4v) is 3.08. The van der Waals surface area contributed by atoms with Crippen LogP contribution in [0.5, 0.6) is 0 Å². The smallest absolute Gasteiger partial charge is 0.264 e. The number of aromatic nitrogens is 1. The maximum Gasteiger partial charge on any atom is 0.264 e. The summed E-state index contributed by atoms with van der Waals surface area (Å²) < 4.78 is 26.9. The van der Waals surface area contributed by atoms with Crippen molar-refractivity contribution in [1.29, 1.82) is 0 Å². The van der Waals surface area contributed by atoms with E-state index >= 15 is 0 Å². The van der Waals surface area contributed by atoms with Crippen molar-refractivity contribution in [2.75, 3.05) is 11.3 Å². The van der Waals surface area contributed by atoms with Crippen molar-refractivity contribution < 1.29 is 8.42 Å². The van der Waals surface area contributed by atoms with Crippen LogP contribution in [-0.4, -0.2) is 19.9 Å². The minimum Gasteiger partial charge on any atom is -0.320 e. The molecule has 0 bridgehead atoms. The predicted molar refractivity (Wildman–Crippen MR) is 82.4 cm³/mol. The zero-order chi connectivity index (χ0) is 15.3. The van der Waals surface area contributed by atoms with Crippen LogP contribution in [0.25, 0.3) is 0 Å². The number of nitrogens with one attached hydrogen (secondary N) is 1. The summed E-state index contributed by atoms with van der Waals surface area (Å²) in [6, 6.07) is 11.0. The van der Waals surface area contributed by atoms with Gasteiger partial charge in [0.05, 0.1) is 11.6 Å². The van der Waals surface area contributed by atoms with E-state index in [4.69, 9.17) is 17.3 Å². The molecule has 2 rings (SSSR count). The van der Waals surface area contributed by atoms with Gasteiger partial charge in [-0.25, -0.2) is 13.4 Å². The molecule has 0 radical (unpaired) electrons. The van der Waals surface area contributed by atoms with Crippen LogP contribution >= 0.6 is 11.6 Å². The third-order valence-corrected chi connectivity index (χ3v) is 4.29. The van der Waals surface area contributed by atoms with E-state index in [1.807, 2.05) is 0 Å². The molecule has 2 aromatic rings. The summed E-state index contributed by atoms with van der Waals surface area (Å²) in [7, 11) is -3.80. The van der Waals surface area contributed by atoms with E-state index in [0.29, 0.717) is 5.69 Å². The number of sulfonamides is 1. The summed E-state index contributed by atoms with van der Waals surface area (Å²) in [6.07, 6.45) is 0. The quantitative estimate of drug-likeness (QED) is 0.845. The van der Waals surface area contributed by atoms with Crippen molar-refractivity contribution in [2.45, 2.75) is 4.90 Å². The van der Waals surface area contributed by atoms with Crippen LogP contribution in [0.3, 0.4) is 0 Å². The van der Waals surface area contributed by atoms with Crippen molar-refractivity contribution in [1.82, 2.24) is 4.98 Å². The SMILES string of the molecule is NCC#Cc1cccc(NS(=O)(=O)c2ccccc2Cl)n1. The van der Waals surface area contributed by atoms with Crippen LogP contribution in [0.1, 0.15) is 5.69 Å². The average Bonchev–Trinajstić information content (AvgIpc) is 2.45. The van der Waals surface area contributed by atoms with E-state index < -0.39 is 10.0 Å². The second-order valence-electron chi connectivity index (χ2n) is 3.95. The van der Waals surface area contributed by atoms with Gasteiger partial charge in [0.25, 0.3) is 10.0 Å². The number of hydrogen-bond acceptors (Lipinski definition) is 4. The van der Waals surface area contributed by atoms with Crippen LogP contribution < -0.4 is 10.5 Å². The monoisotopic (exact) mass is 321 g/mol. The molecule has 0 atom stereocenters. The molecule has 1 aromatic heterocycles. The maximum atomic E-state index is 12.3. The molecule has 21 heavy (non-hydrogen) atoms. The highest BCUT2D eigenvalue weighted by Gasteiger charge is 2.17. The molecule has 0 amide bonds. The van der Waals surface area contributed by atoms with Crippen molar-refractivity contribution in [3.63, 3.8) is 0 Å². The summed E-state index contributed by atoms with van der Waals surface area (Å²) in [6.45, 7) is 0.206. The van der Waals surface area contributed by atoms with Crippen LogP contribution in [0.15, 0.2) is 47.4 Å². The number of nitrogens with zero attached hydrogens (tertiary/aromatic N) is 1. The van der Waals surface area contributed by atoms with Gasteiger partial charge >= 0.3 is 0 Å². The lowest BCUT2D eigenvalue weighted by atomic mass is 10.3. The van der Waals surface area contributed by atoms with Gasteiger partial charge in [0.2, 0.25) is 0 Å². The molecule has 0 saturated carbocycles. The summed E-state index contributed by atoms with van der Waals surface area (Å²) >= 11 is 5.90. The lowest BCUT2D eigenvalue weighted by molar-refractivity contribution is 0.601. The molecule has 1 heterocycles. The standard InChI is InChI=1S/C14H12ClN3O2S/c15-12-7-1-2-8-13(12)21(19,20)18-14-9-3-5-11(17-14)6-4-10-16/h1-3,5,7-9H,10,16H2,(H,17,18). The van der Waals surface area contributed by atoms with Gasteiger partial charge in [0.15, 0.2) is 0 Å². The Bertz CT molecular complexity index is 810. The van der Waals surface area contributed by atoms with Gasteiger partial charge in [0.1, 0.15) is 16.4 Å². The lowest BCUT2D eigenvalue weighted by Crippen LogP contribution is -2.14. The van der Waals surface area contributed by atoms with Crippen LogP contribution in [0.2, 0.25) is 5.02 Å². The first-order valence-electron chi connectivity index (χ1n) is 5.96. The van der Waals surface area contributed by atoms with Gasteiger partial charge in [-0.2, -0.15) is 0 Å². The van der Waals surface area contributed by atoms with Crippen LogP contribution in [0.4, 0.5) is 5.82 Å². The molecule has 0 aliphatic rings. The van der Waals surface area contributed by atoms with Crippen molar-refractivity contribution in [3.8, 4) is 11.8 Å². The number of benzene rings is 1. The molecular formula is C14H12ClN3O2S. The van der Waals surface area contributed by atoms with Gasteiger partial charge in [-0.15, -0.1) is 0 Å². The summed E-state index contributed by atoms with van der Waals surface area (Å²) in [5.41, 5.74) is 5.71. The van der Waals surface area contributed by atoms with Gasteiger partial charge in [-0.3, -0.25) is 4.72 Å². The zero-order valence-electron chi connectivity index (χ0n) is 10.9. The second kappa shape index (κ2) is 6.59. The Labute approximate surface area is 128 Å². The molecule has 7 heteroatoms. The van der Waals surface area contributed by atoms with Gasteiger partial charge in [0, 0.05) is 0 Å². The molecule has 0 spiro atoms. The van der Waals surface area contributed by atoms with Gasteiger partial charge in [-0.1, -0.05) is 35.7 Å². The molecule has 108 valence electrons. The minimum absolute atomic E-state index is 0.00749. The minimum atomic E-state index is -3.80. The molecule has 3 N–H and O–H groups in total. The third-order valence-electron chi connectivity index (χ3n) is 2.43. The first kappa shape index (κ1) is 15.3. The van der Waals surface area contributed by atoms with Gasteiger partial charge < -0.3 is 5.73 Å².